The summed E-state index contributed by atoms with van der Waals surface area (Å²) in [5, 5.41) is 0. The number of rotatable bonds is 7. The Morgan fingerprint density at radius 2 is 2.00 bits per heavy atom. The van der Waals surface area contributed by atoms with Gasteiger partial charge in [0.1, 0.15) is 17.7 Å². The molecule has 1 aromatic rings. The lowest BCUT2D eigenvalue weighted by Crippen LogP contribution is -2.36. The smallest absolute Gasteiger partial charge is 0.425 e. The molecule has 0 aliphatic rings. The van der Waals surface area contributed by atoms with Crippen molar-refractivity contribution < 1.29 is 28.4 Å². The lowest BCUT2D eigenvalue weighted by atomic mass is 10.2. The molecule has 0 aliphatic heterocycles. The molecule has 112 valence electrons. The molecule has 20 heavy (non-hydrogen) atoms. The van der Waals surface area contributed by atoms with E-state index in [-0.39, 0.29) is 11.7 Å². The lowest BCUT2D eigenvalue weighted by Gasteiger charge is -2.11. The minimum Gasteiger partial charge on any atom is -0.425 e. The van der Waals surface area contributed by atoms with E-state index < -0.39 is 19.8 Å². The van der Waals surface area contributed by atoms with Gasteiger partial charge in [0.05, 0.1) is 0 Å². The molecule has 0 saturated carbocycles. The maximum absolute atomic E-state index is 11.6. The first-order valence-electron chi connectivity index (χ1n) is 5.60. The third-order valence-electron chi connectivity index (χ3n) is 2.14. The van der Waals surface area contributed by atoms with Crippen LogP contribution in [0.25, 0.3) is 0 Å². The first kappa shape index (κ1) is 17.2. The molecule has 9 heteroatoms. The molecule has 0 fully saturated rings. The van der Waals surface area contributed by atoms with Crippen LogP contribution < -0.4 is 10.5 Å². The molecule has 1 aromatic carbocycles. The average molecular weight is 321 g/mol. The van der Waals surface area contributed by atoms with E-state index in [1.54, 1.807) is 24.3 Å². The van der Waals surface area contributed by atoms with Crippen LogP contribution in [0.2, 0.25) is 0 Å². The van der Waals surface area contributed by atoms with E-state index >= 15 is 0 Å². The van der Waals surface area contributed by atoms with E-state index in [0.717, 1.165) is 17.3 Å². The van der Waals surface area contributed by atoms with Gasteiger partial charge in [0.2, 0.25) is 0 Å². The summed E-state index contributed by atoms with van der Waals surface area (Å²) in [7, 11) is -4.49. The van der Waals surface area contributed by atoms with Crippen molar-refractivity contribution in [3.05, 3.63) is 29.8 Å². The number of carbonyl (C=O) groups excluding carboxylic acids is 1. The highest BCUT2D eigenvalue weighted by atomic mass is 32.2. The van der Waals surface area contributed by atoms with E-state index in [2.05, 4.69) is 4.52 Å². The van der Waals surface area contributed by atoms with Crippen LogP contribution in [0.3, 0.4) is 0 Å². The van der Waals surface area contributed by atoms with E-state index in [0.29, 0.717) is 5.75 Å². The van der Waals surface area contributed by atoms with Gasteiger partial charge in [-0.25, -0.2) is 9.36 Å². The second-order valence-electron chi connectivity index (χ2n) is 3.95. The molecule has 0 heterocycles. The zero-order valence-electron chi connectivity index (χ0n) is 10.8. The molecular formula is C11H16NO6PS. The molecule has 0 bridgehead atoms. The summed E-state index contributed by atoms with van der Waals surface area (Å²) in [5.41, 5.74) is 6.64. The van der Waals surface area contributed by atoms with Gasteiger partial charge in [-0.15, -0.1) is 11.8 Å². The average Bonchev–Trinajstić information content (AvgIpc) is 2.36. The zero-order valence-corrected chi connectivity index (χ0v) is 12.5. The van der Waals surface area contributed by atoms with Gasteiger partial charge < -0.3 is 20.3 Å². The maximum atomic E-state index is 11.6. The molecule has 1 atom stereocenters. The number of nitrogens with two attached hydrogens (primary N) is 1. The second-order valence-corrected chi connectivity index (χ2v) is 6.17. The molecule has 0 radical (unpaired) electrons. The summed E-state index contributed by atoms with van der Waals surface area (Å²) in [5.74, 6) is -0.342. The summed E-state index contributed by atoms with van der Waals surface area (Å²) < 4.78 is 19.7. The summed E-state index contributed by atoms with van der Waals surface area (Å²) in [4.78, 5) is 28.6. The highest BCUT2D eigenvalue weighted by Gasteiger charge is 2.18. The first-order valence-corrected chi connectivity index (χ1v) is 8.28. The SMILES string of the molecule is Cc1ccc(OC(=O)C(N)CSCOP(=O)(O)O)cc1. The third kappa shape index (κ3) is 7.04. The fourth-order valence-electron chi connectivity index (χ4n) is 1.15. The van der Waals surface area contributed by atoms with Crippen molar-refractivity contribution in [2.24, 2.45) is 5.73 Å². The summed E-state index contributed by atoms with van der Waals surface area (Å²) in [6.45, 7) is 1.91. The number of phosphoric acid groups is 1. The number of aryl methyl sites for hydroxylation is 1. The quantitative estimate of drug-likeness (QED) is 0.224. The van der Waals surface area contributed by atoms with Gasteiger partial charge in [0, 0.05) is 5.75 Å². The molecule has 7 nitrogen and oxygen atoms in total. The van der Waals surface area contributed by atoms with E-state index in [9.17, 15) is 9.36 Å². The van der Waals surface area contributed by atoms with Crippen LogP contribution in [0.1, 0.15) is 5.56 Å². The number of hydrogen-bond acceptors (Lipinski definition) is 6. The van der Waals surface area contributed by atoms with Crippen molar-refractivity contribution >= 4 is 25.6 Å². The number of benzene rings is 1. The Hall–Kier alpha value is -0.890. The van der Waals surface area contributed by atoms with Crippen molar-refractivity contribution in [2.45, 2.75) is 13.0 Å². The molecule has 0 saturated heterocycles. The standard InChI is InChI=1S/C11H16NO6PS/c1-8-2-4-9(5-3-8)18-11(13)10(12)6-20-7-17-19(14,15)16/h2-5,10H,6-7,12H2,1H3,(H2,14,15,16). The Bertz CT molecular complexity index is 488. The Morgan fingerprint density at radius 3 is 2.55 bits per heavy atom. The first-order chi connectivity index (χ1) is 9.28. The van der Waals surface area contributed by atoms with E-state index in [4.69, 9.17) is 20.3 Å². The Morgan fingerprint density at radius 1 is 1.40 bits per heavy atom. The number of ether oxygens (including phenoxy) is 1. The number of carbonyl (C=O) groups is 1. The highest BCUT2D eigenvalue weighted by molar-refractivity contribution is 7.99. The molecule has 1 unspecified atom stereocenters. The van der Waals surface area contributed by atoms with Gasteiger partial charge in [-0.05, 0) is 19.1 Å². The summed E-state index contributed by atoms with van der Waals surface area (Å²) in [6, 6.07) is 6.02. The van der Waals surface area contributed by atoms with Crippen molar-refractivity contribution in [1.29, 1.82) is 0 Å². The molecular weight excluding hydrogens is 305 g/mol. The second kappa shape index (κ2) is 7.78. The van der Waals surface area contributed by atoms with Gasteiger partial charge in [-0.1, -0.05) is 17.7 Å². The van der Waals surface area contributed by atoms with Crippen LogP contribution >= 0.6 is 19.6 Å². The molecule has 0 aliphatic carbocycles. The molecule has 0 amide bonds. The van der Waals surface area contributed by atoms with Crippen molar-refractivity contribution in [3.63, 3.8) is 0 Å². The van der Waals surface area contributed by atoms with Gasteiger partial charge >= 0.3 is 13.8 Å². The Kier molecular flexibility index (Phi) is 6.67. The van der Waals surface area contributed by atoms with Crippen molar-refractivity contribution in [1.82, 2.24) is 0 Å². The number of phosphoric ester groups is 1. The lowest BCUT2D eigenvalue weighted by molar-refractivity contribution is -0.135. The van der Waals surface area contributed by atoms with Crippen LogP contribution in [-0.2, 0) is 13.9 Å². The minimum absolute atomic E-state index is 0.130. The van der Waals surface area contributed by atoms with Crippen molar-refractivity contribution in [2.75, 3.05) is 11.7 Å². The summed E-state index contributed by atoms with van der Waals surface area (Å²) >= 11 is 0.989. The van der Waals surface area contributed by atoms with Gasteiger partial charge in [0.25, 0.3) is 0 Å². The highest BCUT2D eigenvalue weighted by Crippen LogP contribution is 2.36. The Balaban J connectivity index is 2.32. The fourth-order valence-corrected chi connectivity index (χ4v) is 2.48. The van der Waals surface area contributed by atoms with Crippen LogP contribution in [0.15, 0.2) is 24.3 Å². The topological polar surface area (TPSA) is 119 Å². The van der Waals surface area contributed by atoms with E-state index in [1.807, 2.05) is 6.92 Å². The zero-order chi connectivity index (χ0) is 15.2. The number of esters is 1. The molecule has 0 spiro atoms. The maximum Gasteiger partial charge on any atom is 0.470 e. The van der Waals surface area contributed by atoms with Crippen LogP contribution in [0.5, 0.6) is 5.75 Å². The third-order valence-corrected chi connectivity index (χ3v) is 3.66. The fraction of sp³-hybridized carbons (Fsp3) is 0.364. The number of thioether (sulfide) groups is 1. The van der Waals surface area contributed by atoms with Crippen LogP contribution in [0, 0.1) is 6.92 Å². The van der Waals surface area contributed by atoms with Crippen LogP contribution in [-0.4, -0.2) is 33.5 Å². The molecule has 4 N–H and O–H groups in total. The van der Waals surface area contributed by atoms with Gasteiger partial charge in [-0.3, -0.25) is 4.52 Å². The normalized spacial score (nSPS) is 13.0. The van der Waals surface area contributed by atoms with Gasteiger partial charge in [0.15, 0.2) is 0 Å². The molecule has 0 aromatic heterocycles. The molecule has 1 rings (SSSR count). The minimum atomic E-state index is -4.49. The van der Waals surface area contributed by atoms with Crippen molar-refractivity contribution in [3.8, 4) is 5.75 Å². The predicted molar refractivity (Wildman–Crippen MR) is 75.2 cm³/mol. The summed E-state index contributed by atoms with van der Waals surface area (Å²) in [6.07, 6.45) is 0. The Labute approximate surface area is 120 Å². The van der Waals surface area contributed by atoms with Crippen LogP contribution in [0.4, 0.5) is 0 Å². The largest absolute Gasteiger partial charge is 0.470 e. The van der Waals surface area contributed by atoms with Gasteiger partial charge in [-0.2, -0.15) is 0 Å². The van der Waals surface area contributed by atoms with E-state index in [1.165, 1.54) is 0 Å². The predicted octanol–water partition coefficient (Wildman–Crippen LogP) is 1.03. The monoisotopic (exact) mass is 321 g/mol. The number of hydrogen-bond donors (Lipinski definition) is 3.